The molecule has 0 atom stereocenters. The van der Waals surface area contributed by atoms with Gasteiger partial charge in [-0.1, -0.05) is 30.3 Å². The highest BCUT2D eigenvalue weighted by atomic mass is 16.5. The van der Waals surface area contributed by atoms with Crippen molar-refractivity contribution in [1.82, 2.24) is 14.8 Å². The first-order valence-electron chi connectivity index (χ1n) is 11.8. The predicted octanol–water partition coefficient (Wildman–Crippen LogP) is 5.15. The van der Waals surface area contributed by atoms with Gasteiger partial charge in [0.25, 0.3) is 5.89 Å². The van der Waals surface area contributed by atoms with Crippen molar-refractivity contribution in [1.29, 1.82) is 0 Å². The van der Waals surface area contributed by atoms with Crippen LogP contribution in [0.4, 0.5) is 0 Å². The van der Waals surface area contributed by atoms with Gasteiger partial charge in [0.1, 0.15) is 36.2 Å². The van der Waals surface area contributed by atoms with E-state index in [1.807, 2.05) is 49.4 Å². The van der Waals surface area contributed by atoms with Crippen LogP contribution in [0.2, 0.25) is 0 Å². The molecule has 0 saturated carbocycles. The van der Waals surface area contributed by atoms with Crippen LogP contribution in [-0.2, 0) is 26.4 Å². The molecule has 1 N–H and O–H groups in total. The average Bonchev–Trinajstić information content (AvgIpc) is 3.67. The second-order valence-corrected chi connectivity index (χ2v) is 8.35. The maximum atomic E-state index is 9.77. The van der Waals surface area contributed by atoms with Crippen LogP contribution < -0.4 is 14.2 Å². The third-order valence-corrected chi connectivity index (χ3v) is 5.78. The molecule has 0 aliphatic rings. The van der Waals surface area contributed by atoms with Crippen molar-refractivity contribution < 1.29 is 28.2 Å². The smallest absolute Gasteiger partial charge is 0.263 e. The van der Waals surface area contributed by atoms with Crippen LogP contribution in [0.3, 0.4) is 0 Å². The molecule has 9 heteroatoms. The third-order valence-electron chi connectivity index (χ3n) is 5.78. The summed E-state index contributed by atoms with van der Waals surface area (Å²) in [5.41, 5.74) is 3.22. The lowest BCUT2D eigenvalue weighted by atomic mass is 10.2. The number of aliphatic hydroxyl groups excluding tert-OH is 1. The van der Waals surface area contributed by atoms with Gasteiger partial charge in [0.2, 0.25) is 5.88 Å². The van der Waals surface area contributed by atoms with Crippen LogP contribution in [-0.4, -0.2) is 27.0 Å². The Balaban J connectivity index is 1.23. The first kappa shape index (κ1) is 24.2. The summed E-state index contributed by atoms with van der Waals surface area (Å²) in [6.07, 6.45) is 3.36. The fourth-order valence-corrected chi connectivity index (χ4v) is 3.83. The van der Waals surface area contributed by atoms with E-state index < -0.39 is 0 Å². The van der Waals surface area contributed by atoms with Gasteiger partial charge >= 0.3 is 0 Å². The van der Waals surface area contributed by atoms with Gasteiger partial charge in [-0.25, -0.2) is 4.98 Å². The molecule has 3 aromatic heterocycles. The minimum atomic E-state index is -0.170. The van der Waals surface area contributed by atoms with Crippen molar-refractivity contribution in [3.05, 3.63) is 101 Å². The molecule has 0 fully saturated rings. The molecule has 2 aromatic carbocycles. The standard InChI is InChI=1S/C28H27N3O6/c1-19-24(29-28(37-19)25-9-6-12-34-25)18-35-23-11-10-21(26(13-23)33-2)17-36-27-22(16-32)15-31(30-27)14-20-7-4-3-5-8-20/h3-13,15,32H,14,16-18H2,1-2H3. The summed E-state index contributed by atoms with van der Waals surface area (Å²) in [5.74, 6) is 3.25. The zero-order chi connectivity index (χ0) is 25.6. The number of nitrogens with zero attached hydrogens (tertiary/aromatic N) is 3. The van der Waals surface area contributed by atoms with E-state index in [9.17, 15) is 5.11 Å². The Labute approximate surface area is 213 Å². The minimum Gasteiger partial charge on any atom is -0.496 e. The number of aliphatic hydroxyl groups is 1. The van der Waals surface area contributed by atoms with Crippen LogP contribution in [0.15, 0.2) is 82.0 Å². The number of ether oxygens (including phenoxy) is 3. The largest absolute Gasteiger partial charge is 0.496 e. The van der Waals surface area contributed by atoms with Crippen molar-refractivity contribution in [2.24, 2.45) is 0 Å². The van der Waals surface area contributed by atoms with Gasteiger partial charge < -0.3 is 28.2 Å². The molecule has 190 valence electrons. The van der Waals surface area contributed by atoms with E-state index in [0.717, 1.165) is 11.1 Å². The highest BCUT2D eigenvalue weighted by Gasteiger charge is 2.15. The highest BCUT2D eigenvalue weighted by molar-refractivity contribution is 5.45. The first-order valence-corrected chi connectivity index (χ1v) is 11.8. The second kappa shape index (κ2) is 11.0. The molecule has 0 bridgehead atoms. The topological polar surface area (TPSA) is 105 Å². The van der Waals surface area contributed by atoms with Gasteiger partial charge in [-0.15, -0.1) is 5.10 Å². The number of rotatable bonds is 11. The van der Waals surface area contributed by atoms with Crippen LogP contribution >= 0.6 is 0 Å². The fourth-order valence-electron chi connectivity index (χ4n) is 3.83. The van der Waals surface area contributed by atoms with E-state index in [4.69, 9.17) is 23.0 Å². The number of furan rings is 1. The van der Waals surface area contributed by atoms with Gasteiger partial charge in [-0.05, 0) is 36.8 Å². The van der Waals surface area contributed by atoms with Crippen LogP contribution in [0.1, 0.15) is 28.1 Å². The summed E-state index contributed by atoms with van der Waals surface area (Å²) in [6.45, 7) is 2.69. The van der Waals surface area contributed by atoms with E-state index in [1.54, 1.807) is 42.5 Å². The van der Waals surface area contributed by atoms with Crippen molar-refractivity contribution in [2.45, 2.75) is 33.3 Å². The zero-order valence-corrected chi connectivity index (χ0v) is 20.6. The monoisotopic (exact) mass is 501 g/mol. The van der Waals surface area contributed by atoms with E-state index >= 15 is 0 Å². The first-order chi connectivity index (χ1) is 18.1. The molecule has 0 aliphatic carbocycles. The summed E-state index contributed by atoms with van der Waals surface area (Å²) < 4.78 is 30.2. The zero-order valence-electron chi connectivity index (χ0n) is 20.6. The third kappa shape index (κ3) is 5.68. The Morgan fingerprint density at radius 2 is 1.84 bits per heavy atom. The van der Waals surface area contributed by atoms with E-state index in [0.29, 0.717) is 52.6 Å². The van der Waals surface area contributed by atoms with Crippen LogP contribution in [0.5, 0.6) is 17.4 Å². The van der Waals surface area contributed by atoms with Gasteiger partial charge in [0.15, 0.2) is 5.76 Å². The van der Waals surface area contributed by atoms with Gasteiger partial charge in [0, 0.05) is 17.8 Å². The SMILES string of the molecule is COc1cc(OCc2nc(-c3ccco3)oc2C)ccc1COc1nn(Cc2ccccc2)cc1CO. The molecule has 5 rings (SSSR count). The molecule has 0 saturated heterocycles. The van der Waals surface area contributed by atoms with E-state index in [1.165, 1.54) is 0 Å². The summed E-state index contributed by atoms with van der Waals surface area (Å²) in [7, 11) is 1.59. The quantitative estimate of drug-likeness (QED) is 0.265. The van der Waals surface area contributed by atoms with E-state index in [-0.39, 0.29) is 19.8 Å². The van der Waals surface area contributed by atoms with Crippen molar-refractivity contribution in [3.8, 4) is 29.0 Å². The molecule has 0 unspecified atom stereocenters. The minimum absolute atomic E-state index is 0.170. The number of aromatic nitrogens is 3. The van der Waals surface area contributed by atoms with Crippen molar-refractivity contribution >= 4 is 0 Å². The molecular formula is C28H27N3O6. The predicted molar refractivity (Wildman–Crippen MR) is 134 cm³/mol. The Bertz CT molecular complexity index is 1440. The molecule has 0 amide bonds. The molecule has 5 aromatic rings. The molecule has 9 nitrogen and oxygen atoms in total. The molecule has 3 heterocycles. The lowest BCUT2D eigenvalue weighted by Gasteiger charge is -2.12. The number of hydrogen-bond acceptors (Lipinski definition) is 8. The van der Waals surface area contributed by atoms with E-state index in [2.05, 4.69) is 10.1 Å². The summed E-state index contributed by atoms with van der Waals surface area (Å²) in [6, 6.07) is 19.1. The molecule has 37 heavy (non-hydrogen) atoms. The lowest BCUT2D eigenvalue weighted by Crippen LogP contribution is -2.03. The lowest BCUT2D eigenvalue weighted by molar-refractivity contribution is 0.251. The maximum absolute atomic E-state index is 9.77. The normalized spacial score (nSPS) is 11.0. The maximum Gasteiger partial charge on any atom is 0.263 e. The fraction of sp³-hybridized carbons (Fsp3) is 0.214. The Hall–Kier alpha value is -4.50. The summed E-state index contributed by atoms with van der Waals surface area (Å²) in [5, 5.41) is 14.3. The average molecular weight is 502 g/mol. The summed E-state index contributed by atoms with van der Waals surface area (Å²) in [4.78, 5) is 4.47. The van der Waals surface area contributed by atoms with Gasteiger partial charge in [-0.3, -0.25) is 4.68 Å². The van der Waals surface area contributed by atoms with Crippen molar-refractivity contribution in [3.63, 3.8) is 0 Å². The highest BCUT2D eigenvalue weighted by Crippen LogP contribution is 2.28. The van der Waals surface area contributed by atoms with Crippen LogP contribution in [0, 0.1) is 6.92 Å². The number of aryl methyl sites for hydroxylation is 1. The Morgan fingerprint density at radius 1 is 0.973 bits per heavy atom. The Morgan fingerprint density at radius 3 is 2.59 bits per heavy atom. The molecule has 0 spiro atoms. The molecule has 0 radical (unpaired) electrons. The number of hydrogen-bond donors (Lipinski definition) is 1. The van der Waals surface area contributed by atoms with Gasteiger partial charge in [-0.2, -0.15) is 0 Å². The Kier molecular flexibility index (Phi) is 7.23. The van der Waals surface area contributed by atoms with Crippen LogP contribution in [0.25, 0.3) is 11.7 Å². The molecular weight excluding hydrogens is 474 g/mol. The second-order valence-electron chi connectivity index (χ2n) is 8.35. The summed E-state index contributed by atoms with van der Waals surface area (Å²) >= 11 is 0. The number of benzene rings is 2. The molecule has 0 aliphatic heterocycles. The number of methoxy groups -OCH3 is 1. The number of oxazole rings is 1. The van der Waals surface area contributed by atoms with Gasteiger partial charge in [0.05, 0.1) is 32.1 Å². The van der Waals surface area contributed by atoms with Crippen molar-refractivity contribution in [2.75, 3.05) is 7.11 Å².